The largest absolute Gasteiger partial charge is 0.477 e. The van der Waals surface area contributed by atoms with Gasteiger partial charge in [-0.25, -0.2) is 4.79 Å². The molecule has 1 rings (SSSR count). The second-order valence-corrected chi connectivity index (χ2v) is 3.12. The lowest BCUT2D eigenvalue weighted by molar-refractivity contribution is -0.385. The van der Waals surface area contributed by atoms with Crippen molar-refractivity contribution in [2.45, 2.75) is 19.8 Å². The topological polar surface area (TPSA) is 80.4 Å². The molecule has 0 bridgehead atoms. The van der Waals surface area contributed by atoms with Crippen molar-refractivity contribution < 1.29 is 14.8 Å². The Morgan fingerprint density at radius 3 is 2.67 bits per heavy atom. The summed E-state index contributed by atoms with van der Waals surface area (Å²) in [6.07, 6.45) is 1.28. The van der Waals surface area contributed by atoms with Gasteiger partial charge >= 0.3 is 5.97 Å². The van der Waals surface area contributed by atoms with Crippen molar-refractivity contribution in [2.24, 2.45) is 0 Å². The Kier molecular flexibility index (Phi) is 3.38. The molecule has 5 nitrogen and oxygen atoms in total. The van der Waals surface area contributed by atoms with Crippen molar-refractivity contribution in [3.8, 4) is 0 Å². The number of hydrogen-bond acceptors (Lipinski definition) is 3. The molecular weight excluding hydrogens is 198 g/mol. The van der Waals surface area contributed by atoms with Gasteiger partial charge in [0.15, 0.2) is 0 Å². The van der Waals surface area contributed by atoms with Gasteiger partial charge < -0.3 is 5.11 Å². The van der Waals surface area contributed by atoms with Crippen molar-refractivity contribution in [1.29, 1.82) is 0 Å². The van der Waals surface area contributed by atoms with Crippen LogP contribution in [0.25, 0.3) is 0 Å². The van der Waals surface area contributed by atoms with Crippen LogP contribution in [0.3, 0.4) is 0 Å². The molecule has 0 radical (unpaired) electrons. The minimum absolute atomic E-state index is 0.190. The van der Waals surface area contributed by atoms with Gasteiger partial charge in [-0.3, -0.25) is 10.1 Å². The van der Waals surface area contributed by atoms with Crippen molar-refractivity contribution >= 4 is 11.7 Å². The van der Waals surface area contributed by atoms with Crippen LogP contribution >= 0.6 is 0 Å². The molecule has 0 aromatic heterocycles. The number of benzene rings is 1. The smallest absolute Gasteiger partial charge is 0.343 e. The van der Waals surface area contributed by atoms with Crippen LogP contribution in [0.15, 0.2) is 18.2 Å². The zero-order valence-electron chi connectivity index (χ0n) is 8.27. The molecule has 0 aliphatic carbocycles. The molecule has 80 valence electrons. The Labute approximate surface area is 86.5 Å². The number of carboxylic acids is 1. The van der Waals surface area contributed by atoms with E-state index in [0.29, 0.717) is 12.0 Å². The molecule has 15 heavy (non-hydrogen) atoms. The van der Waals surface area contributed by atoms with E-state index in [1.807, 2.05) is 6.92 Å². The predicted octanol–water partition coefficient (Wildman–Crippen LogP) is 2.25. The fourth-order valence-electron chi connectivity index (χ4n) is 1.46. The number of nitro benzene ring substituents is 1. The van der Waals surface area contributed by atoms with Crippen molar-refractivity contribution in [3.05, 3.63) is 39.4 Å². The Balaban J connectivity index is 3.34. The molecule has 0 amide bonds. The van der Waals surface area contributed by atoms with Gasteiger partial charge in [-0.2, -0.15) is 0 Å². The average molecular weight is 209 g/mol. The maximum absolute atomic E-state index is 10.9. The van der Waals surface area contributed by atoms with E-state index in [9.17, 15) is 14.9 Å². The molecule has 0 fully saturated rings. The standard InChI is InChI=1S/C10H11NO4/c1-2-4-7-5-3-6-8(11(14)15)9(7)10(12)13/h3,5-6H,2,4H2,1H3,(H,12,13). The van der Waals surface area contributed by atoms with Gasteiger partial charge in [-0.1, -0.05) is 25.5 Å². The van der Waals surface area contributed by atoms with E-state index < -0.39 is 10.9 Å². The van der Waals surface area contributed by atoms with Gasteiger partial charge in [0.05, 0.1) is 4.92 Å². The fourth-order valence-corrected chi connectivity index (χ4v) is 1.46. The lowest BCUT2D eigenvalue weighted by Gasteiger charge is -2.04. The summed E-state index contributed by atoms with van der Waals surface area (Å²) in [7, 11) is 0. The van der Waals surface area contributed by atoms with Crippen LogP contribution in [0.1, 0.15) is 29.3 Å². The van der Waals surface area contributed by atoms with E-state index in [2.05, 4.69) is 0 Å². The molecular formula is C10H11NO4. The summed E-state index contributed by atoms with van der Waals surface area (Å²) >= 11 is 0. The molecule has 5 heteroatoms. The monoisotopic (exact) mass is 209 g/mol. The Morgan fingerprint density at radius 1 is 1.53 bits per heavy atom. The third-order valence-electron chi connectivity index (χ3n) is 2.06. The molecule has 0 atom stereocenters. The first-order valence-corrected chi connectivity index (χ1v) is 4.57. The summed E-state index contributed by atoms with van der Waals surface area (Å²) in [6.45, 7) is 1.89. The number of carboxylic acid groups (broad SMARTS) is 1. The van der Waals surface area contributed by atoms with Crippen LogP contribution in [0, 0.1) is 10.1 Å². The maximum atomic E-state index is 10.9. The zero-order chi connectivity index (χ0) is 11.4. The number of nitrogens with zero attached hydrogens (tertiary/aromatic N) is 1. The first-order valence-electron chi connectivity index (χ1n) is 4.57. The number of nitro groups is 1. The SMILES string of the molecule is CCCc1cccc([N+](=O)[O-])c1C(=O)O. The van der Waals surface area contributed by atoms with Crippen LogP contribution in [0.4, 0.5) is 5.69 Å². The fraction of sp³-hybridized carbons (Fsp3) is 0.300. The molecule has 0 unspecified atom stereocenters. The Morgan fingerprint density at radius 2 is 2.20 bits per heavy atom. The number of hydrogen-bond donors (Lipinski definition) is 1. The molecule has 0 aliphatic heterocycles. The second kappa shape index (κ2) is 4.54. The average Bonchev–Trinajstić information content (AvgIpc) is 2.17. The summed E-state index contributed by atoms with van der Waals surface area (Å²) in [5.41, 5.74) is -0.0167. The van der Waals surface area contributed by atoms with E-state index in [1.54, 1.807) is 6.07 Å². The molecule has 0 saturated heterocycles. The third kappa shape index (κ3) is 2.31. The summed E-state index contributed by atoms with van der Waals surface area (Å²) in [5, 5.41) is 19.5. The predicted molar refractivity (Wildman–Crippen MR) is 54.1 cm³/mol. The van der Waals surface area contributed by atoms with Gasteiger partial charge in [0.25, 0.3) is 5.69 Å². The van der Waals surface area contributed by atoms with E-state index in [0.717, 1.165) is 6.42 Å². The van der Waals surface area contributed by atoms with Crippen molar-refractivity contribution in [1.82, 2.24) is 0 Å². The number of aromatic carboxylic acids is 1. The normalized spacial score (nSPS) is 9.93. The summed E-state index contributed by atoms with van der Waals surface area (Å²) in [6, 6.07) is 4.33. The van der Waals surface area contributed by atoms with E-state index in [4.69, 9.17) is 5.11 Å². The van der Waals surface area contributed by atoms with E-state index >= 15 is 0 Å². The highest BCUT2D eigenvalue weighted by Gasteiger charge is 2.22. The minimum Gasteiger partial charge on any atom is -0.477 e. The third-order valence-corrected chi connectivity index (χ3v) is 2.06. The molecule has 1 aromatic carbocycles. The van der Waals surface area contributed by atoms with Crippen LogP contribution in [-0.4, -0.2) is 16.0 Å². The second-order valence-electron chi connectivity index (χ2n) is 3.12. The van der Waals surface area contributed by atoms with Crippen LogP contribution < -0.4 is 0 Å². The van der Waals surface area contributed by atoms with Crippen molar-refractivity contribution in [3.63, 3.8) is 0 Å². The molecule has 0 aliphatic rings. The van der Waals surface area contributed by atoms with Gasteiger partial charge in [0.2, 0.25) is 0 Å². The maximum Gasteiger partial charge on any atom is 0.343 e. The highest BCUT2D eigenvalue weighted by molar-refractivity contribution is 5.94. The number of rotatable bonds is 4. The van der Waals surface area contributed by atoms with Gasteiger partial charge in [-0.15, -0.1) is 0 Å². The summed E-state index contributed by atoms with van der Waals surface area (Å²) in [5.74, 6) is -1.24. The molecule has 0 saturated carbocycles. The molecule has 1 aromatic rings. The van der Waals surface area contributed by atoms with Crippen LogP contribution in [0.5, 0.6) is 0 Å². The zero-order valence-corrected chi connectivity index (χ0v) is 8.27. The number of carbonyl (C=O) groups is 1. The van der Waals surface area contributed by atoms with E-state index in [1.165, 1.54) is 12.1 Å². The van der Waals surface area contributed by atoms with Gasteiger partial charge in [0.1, 0.15) is 5.56 Å². The molecule has 1 N–H and O–H groups in total. The van der Waals surface area contributed by atoms with Gasteiger partial charge in [0, 0.05) is 6.07 Å². The lowest BCUT2D eigenvalue weighted by atomic mass is 10.0. The van der Waals surface area contributed by atoms with Crippen LogP contribution in [-0.2, 0) is 6.42 Å². The minimum atomic E-state index is -1.24. The lowest BCUT2D eigenvalue weighted by Crippen LogP contribution is -2.06. The Hall–Kier alpha value is -1.91. The summed E-state index contributed by atoms with van der Waals surface area (Å²) in [4.78, 5) is 20.9. The highest BCUT2D eigenvalue weighted by atomic mass is 16.6. The highest BCUT2D eigenvalue weighted by Crippen LogP contribution is 2.23. The van der Waals surface area contributed by atoms with Crippen molar-refractivity contribution in [2.75, 3.05) is 0 Å². The van der Waals surface area contributed by atoms with E-state index in [-0.39, 0.29) is 11.3 Å². The Bertz CT molecular complexity index is 400. The molecule has 0 spiro atoms. The first-order chi connectivity index (χ1) is 7.07. The molecule has 0 heterocycles. The quantitative estimate of drug-likeness (QED) is 0.609. The first kappa shape index (κ1) is 11.2. The summed E-state index contributed by atoms with van der Waals surface area (Å²) < 4.78 is 0. The van der Waals surface area contributed by atoms with Crippen LogP contribution in [0.2, 0.25) is 0 Å². The van der Waals surface area contributed by atoms with Gasteiger partial charge in [-0.05, 0) is 12.0 Å². The number of aryl methyl sites for hydroxylation is 1.